The van der Waals surface area contributed by atoms with Crippen molar-refractivity contribution >= 4 is 29.6 Å². The third-order valence-corrected chi connectivity index (χ3v) is 4.26. The van der Waals surface area contributed by atoms with Crippen molar-refractivity contribution in [2.45, 2.75) is 13.0 Å². The summed E-state index contributed by atoms with van der Waals surface area (Å²) in [5.41, 5.74) is 1.52. The molecule has 28 heavy (non-hydrogen) atoms. The van der Waals surface area contributed by atoms with Gasteiger partial charge in [0.1, 0.15) is 0 Å². The Morgan fingerprint density at radius 3 is 2.50 bits per heavy atom. The summed E-state index contributed by atoms with van der Waals surface area (Å²) < 4.78 is 15.3. The molecule has 0 saturated heterocycles. The van der Waals surface area contributed by atoms with E-state index in [0.29, 0.717) is 16.5 Å². The largest absolute Gasteiger partial charge is 0.493 e. The standard InChI is InChI=1S/C21H22ClNO5/c1-14(16-6-4-5-7-17(16)22)23-20(24)13-28-21(25)11-9-15-8-10-18(26-2)19(12-15)27-3/h4-12,14H,13H2,1-3H3,(H,23,24)/b11-9+/t14-/m1/s1. The summed E-state index contributed by atoms with van der Waals surface area (Å²) >= 11 is 6.11. The molecule has 0 aliphatic heterocycles. The van der Waals surface area contributed by atoms with E-state index >= 15 is 0 Å². The quantitative estimate of drug-likeness (QED) is 0.536. The number of ether oxygens (including phenoxy) is 3. The SMILES string of the molecule is COc1ccc(/C=C/C(=O)OCC(=O)N[C@H](C)c2ccccc2Cl)cc1OC. The fourth-order valence-electron chi connectivity index (χ4n) is 2.49. The minimum atomic E-state index is -0.629. The summed E-state index contributed by atoms with van der Waals surface area (Å²) in [5, 5.41) is 3.30. The van der Waals surface area contributed by atoms with E-state index in [1.54, 1.807) is 44.4 Å². The van der Waals surface area contributed by atoms with Crippen LogP contribution in [0.25, 0.3) is 6.08 Å². The molecule has 0 aromatic heterocycles. The Bertz CT molecular complexity index is 866. The molecule has 6 nitrogen and oxygen atoms in total. The van der Waals surface area contributed by atoms with Crippen LogP contribution in [0.2, 0.25) is 5.02 Å². The predicted octanol–water partition coefficient (Wildman–Crippen LogP) is 3.79. The molecule has 0 spiro atoms. The summed E-state index contributed by atoms with van der Waals surface area (Å²) in [4.78, 5) is 23.8. The third kappa shape index (κ3) is 6.03. The Kier molecular flexibility index (Phi) is 7.89. The van der Waals surface area contributed by atoms with Gasteiger partial charge in [-0.1, -0.05) is 35.9 Å². The first-order valence-electron chi connectivity index (χ1n) is 8.55. The van der Waals surface area contributed by atoms with Crippen LogP contribution < -0.4 is 14.8 Å². The lowest BCUT2D eigenvalue weighted by molar-refractivity contribution is -0.144. The highest BCUT2D eigenvalue weighted by molar-refractivity contribution is 6.31. The zero-order chi connectivity index (χ0) is 20.5. The minimum Gasteiger partial charge on any atom is -0.493 e. The first kappa shape index (κ1) is 21.3. The van der Waals surface area contributed by atoms with Crippen molar-refractivity contribution in [1.82, 2.24) is 5.32 Å². The van der Waals surface area contributed by atoms with Gasteiger partial charge in [0, 0.05) is 11.1 Å². The highest BCUT2D eigenvalue weighted by Crippen LogP contribution is 2.28. The van der Waals surface area contributed by atoms with Crippen molar-refractivity contribution < 1.29 is 23.8 Å². The lowest BCUT2D eigenvalue weighted by Gasteiger charge is -2.15. The number of amides is 1. The van der Waals surface area contributed by atoms with Crippen molar-refractivity contribution in [3.05, 3.63) is 64.7 Å². The molecule has 0 heterocycles. The van der Waals surface area contributed by atoms with Gasteiger partial charge >= 0.3 is 5.97 Å². The van der Waals surface area contributed by atoms with Crippen LogP contribution in [0.15, 0.2) is 48.5 Å². The van der Waals surface area contributed by atoms with E-state index in [4.69, 9.17) is 25.8 Å². The third-order valence-electron chi connectivity index (χ3n) is 3.91. The molecule has 1 N–H and O–H groups in total. The maximum absolute atomic E-state index is 12.0. The average molecular weight is 404 g/mol. The molecule has 0 aliphatic carbocycles. The molecule has 0 saturated carbocycles. The van der Waals surface area contributed by atoms with E-state index in [0.717, 1.165) is 11.1 Å². The van der Waals surface area contributed by atoms with Crippen LogP contribution in [0, 0.1) is 0 Å². The lowest BCUT2D eigenvalue weighted by Crippen LogP contribution is -2.31. The summed E-state index contributed by atoms with van der Waals surface area (Å²) in [6.07, 6.45) is 2.81. The van der Waals surface area contributed by atoms with E-state index in [1.807, 2.05) is 18.2 Å². The van der Waals surface area contributed by atoms with Crippen LogP contribution in [0.4, 0.5) is 0 Å². The number of hydrogen-bond donors (Lipinski definition) is 1. The lowest BCUT2D eigenvalue weighted by atomic mass is 10.1. The van der Waals surface area contributed by atoms with E-state index in [2.05, 4.69) is 5.32 Å². The fourth-order valence-corrected chi connectivity index (χ4v) is 2.79. The molecule has 2 rings (SSSR count). The number of esters is 1. The average Bonchev–Trinajstić information content (AvgIpc) is 2.70. The molecule has 0 aliphatic rings. The normalized spacial score (nSPS) is 11.7. The Morgan fingerprint density at radius 1 is 1.11 bits per heavy atom. The van der Waals surface area contributed by atoms with Crippen LogP contribution in [-0.4, -0.2) is 32.7 Å². The molecule has 0 fully saturated rings. The Labute approximate surface area is 169 Å². The van der Waals surface area contributed by atoms with Crippen LogP contribution in [0.5, 0.6) is 11.5 Å². The zero-order valence-corrected chi connectivity index (χ0v) is 16.7. The second-order valence-corrected chi connectivity index (χ2v) is 6.27. The number of halogens is 1. The van der Waals surface area contributed by atoms with Crippen LogP contribution in [0.3, 0.4) is 0 Å². The number of hydrogen-bond acceptors (Lipinski definition) is 5. The van der Waals surface area contributed by atoms with Gasteiger partial charge in [0.25, 0.3) is 5.91 Å². The maximum Gasteiger partial charge on any atom is 0.331 e. The highest BCUT2D eigenvalue weighted by Gasteiger charge is 2.13. The first-order valence-corrected chi connectivity index (χ1v) is 8.93. The Hall–Kier alpha value is -2.99. The molecule has 1 amide bonds. The van der Waals surface area contributed by atoms with Gasteiger partial charge in [-0.25, -0.2) is 4.79 Å². The van der Waals surface area contributed by atoms with Gasteiger partial charge in [0.05, 0.1) is 20.3 Å². The topological polar surface area (TPSA) is 73.9 Å². The van der Waals surface area contributed by atoms with Gasteiger partial charge in [-0.3, -0.25) is 4.79 Å². The molecule has 7 heteroatoms. The summed E-state index contributed by atoms with van der Waals surface area (Å²) in [6, 6.07) is 12.1. The van der Waals surface area contributed by atoms with Crippen LogP contribution in [0.1, 0.15) is 24.1 Å². The molecule has 0 radical (unpaired) electrons. The van der Waals surface area contributed by atoms with Gasteiger partial charge in [0.2, 0.25) is 0 Å². The second-order valence-electron chi connectivity index (χ2n) is 5.87. The van der Waals surface area contributed by atoms with E-state index in [9.17, 15) is 9.59 Å². The van der Waals surface area contributed by atoms with E-state index < -0.39 is 11.9 Å². The van der Waals surface area contributed by atoms with Crippen molar-refractivity contribution in [1.29, 1.82) is 0 Å². The van der Waals surface area contributed by atoms with E-state index in [1.165, 1.54) is 13.2 Å². The second kappa shape index (κ2) is 10.4. The predicted molar refractivity (Wildman–Crippen MR) is 108 cm³/mol. The maximum atomic E-state index is 12.0. The minimum absolute atomic E-state index is 0.304. The molecule has 2 aromatic carbocycles. The molecule has 0 bridgehead atoms. The number of rotatable bonds is 8. The number of methoxy groups -OCH3 is 2. The van der Waals surface area contributed by atoms with Gasteiger partial charge in [-0.15, -0.1) is 0 Å². The Balaban J connectivity index is 1.85. The van der Waals surface area contributed by atoms with Crippen LogP contribution in [-0.2, 0) is 14.3 Å². The summed E-state index contributed by atoms with van der Waals surface area (Å²) in [5.74, 6) is 0.0908. The fraction of sp³-hybridized carbons (Fsp3) is 0.238. The number of carbonyl (C=O) groups is 2. The van der Waals surface area contributed by atoms with Crippen molar-refractivity contribution in [2.24, 2.45) is 0 Å². The van der Waals surface area contributed by atoms with Crippen molar-refractivity contribution in [3.63, 3.8) is 0 Å². The number of benzene rings is 2. The molecular formula is C21H22ClNO5. The Morgan fingerprint density at radius 2 is 1.82 bits per heavy atom. The molecule has 0 unspecified atom stereocenters. The van der Waals surface area contributed by atoms with Crippen molar-refractivity contribution in [3.8, 4) is 11.5 Å². The molecular weight excluding hydrogens is 382 g/mol. The number of carbonyl (C=O) groups excluding carboxylic acids is 2. The monoisotopic (exact) mass is 403 g/mol. The summed E-state index contributed by atoms with van der Waals surface area (Å²) in [7, 11) is 3.07. The highest BCUT2D eigenvalue weighted by atomic mass is 35.5. The molecule has 148 valence electrons. The first-order chi connectivity index (χ1) is 13.4. The van der Waals surface area contributed by atoms with Crippen molar-refractivity contribution in [2.75, 3.05) is 20.8 Å². The summed E-state index contributed by atoms with van der Waals surface area (Å²) in [6.45, 7) is 1.42. The molecule has 2 aromatic rings. The van der Waals surface area contributed by atoms with Gasteiger partial charge in [-0.05, 0) is 42.3 Å². The smallest absolute Gasteiger partial charge is 0.331 e. The van der Waals surface area contributed by atoms with Gasteiger partial charge in [-0.2, -0.15) is 0 Å². The van der Waals surface area contributed by atoms with Crippen LogP contribution >= 0.6 is 11.6 Å². The van der Waals surface area contributed by atoms with Gasteiger partial charge in [0.15, 0.2) is 18.1 Å². The molecule has 1 atom stereocenters. The van der Waals surface area contributed by atoms with Gasteiger partial charge < -0.3 is 19.5 Å². The zero-order valence-electron chi connectivity index (χ0n) is 15.9. The van der Waals surface area contributed by atoms with E-state index in [-0.39, 0.29) is 12.6 Å². The number of nitrogens with one attached hydrogen (secondary N) is 1.